The van der Waals surface area contributed by atoms with Crippen molar-refractivity contribution in [3.8, 4) is 0 Å². The van der Waals surface area contributed by atoms with E-state index in [4.69, 9.17) is 11.6 Å². The molecule has 0 spiro atoms. The average molecular weight is 284 g/mol. The number of nitrogens with one attached hydrogen (secondary N) is 1. The SMILES string of the molecule is O=[N+]([O-])c1cnc(NCCC2CCCCC2)c(Cl)c1. The van der Waals surface area contributed by atoms with Crippen molar-refractivity contribution in [3.05, 3.63) is 27.4 Å². The third-order valence-corrected chi connectivity index (χ3v) is 3.90. The zero-order chi connectivity index (χ0) is 13.7. The summed E-state index contributed by atoms with van der Waals surface area (Å²) < 4.78 is 0. The monoisotopic (exact) mass is 283 g/mol. The molecule has 0 amide bonds. The Labute approximate surface area is 117 Å². The molecule has 6 heteroatoms. The van der Waals surface area contributed by atoms with E-state index in [-0.39, 0.29) is 5.69 Å². The van der Waals surface area contributed by atoms with Crippen molar-refractivity contribution in [2.24, 2.45) is 5.92 Å². The van der Waals surface area contributed by atoms with E-state index in [0.29, 0.717) is 10.8 Å². The summed E-state index contributed by atoms with van der Waals surface area (Å²) in [5.74, 6) is 1.32. The number of anilines is 1. The van der Waals surface area contributed by atoms with Crippen molar-refractivity contribution in [2.45, 2.75) is 38.5 Å². The van der Waals surface area contributed by atoms with Crippen LogP contribution in [0.25, 0.3) is 0 Å². The number of nitro groups is 1. The van der Waals surface area contributed by atoms with E-state index in [1.807, 2.05) is 0 Å². The Morgan fingerprint density at radius 3 is 2.79 bits per heavy atom. The summed E-state index contributed by atoms with van der Waals surface area (Å²) in [5, 5.41) is 14.0. The van der Waals surface area contributed by atoms with Crippen LogP contribution in [-0.2, 0) is 0 Å². The summed E-state index contributed by atoms with van der Waals surface area (Å²) >= 11 is 5.97. The first-order valence-electron chi connectivity index (χ1n) is 6.70. The Balaban J connectivity index is 1.83. The molecule has 1 N–H and O–H groups in total. The maximum absolute atomic E-state index is 10.6. The van der Waals surface area contributed by atoms with Crippen LogP contribution >= 0.6 is 11.6 Å². The number of nitrogens with zero attached hydrogens (tertiary/aromatic N) is 2. The molecule has 104 valence electrons. The maximum atomic E-state index is 10.6. The van der Waals surface area contributed by atoms with Crippen LogP contribution in [0.4, 0.5) is 11.5 Å². The first-order valence-corrected chi connectivity index (χ1v) is 7.08. The first-order chi connectivity index (χ1) is 9.16. The third kappa shape index (κ3) is 4.06. The summed E-state index contributed by atoms with van der Waals surface area (Å²) in [4.78, 5) is 14.1. The van der Waals surface area contributed by atoms with Gasteiger partial charge in [0.2, 0.25) is 0 Å². The molecule has 1 heterocycles. The molecule has 1 fully saturated rings. The van der Waals surface area contributed by atoms with Crippen molar-refractivity contribution < 1.29 is 4.92 Å². The minimum atomic E-state index is -0.495. The molecular weight excluding hydrogens is 266 g/mol. The highest BCUT2D eigenvalue weighted by Gasteiger charge is 2.14. The van der Waals surface area contributed by atoms with Crippen molar-refractivity contribution in [1.82, 2.24) is 4.98 Å². The predicted octanol–water partition coefficient (Wildman–Crippen LogP) is 4.03. The molecule has 0 atom stereocenters. The van der Waals surface area contributed by atoms with E-state index in [0.717, 1.165) is 18.9 Å². The molecule has 19 heavy (non-hydrogen) atoms. The molecule has 1 saturated carbocycles. The fourth-order valence-electron chi connectivity index (χ4n) is 2.53. The Bertz CT molecular complexity index is 448. The van der Waals surface area contributed by atoms with Gasteiger partial charge in [0.05, 0.1) is 9.95 Å². The summed E-state index contributed by atoms with van der Waals surface area (Å²) in [6, 6.07) is 1.33. The highest BCUT2D eigenvalue weighted by molar-refractivity contribution is 6.33. The van der Waals surface area contributed by atoms with Gasteiger partial charge >= 0.3 is 0 Å². The number of hydrogen-bond acceptors (Lipinski definition) is 4. The van der Waals surface area contributed by atoms with Gasteiger partial charge in [0, 0.05) is 12.6 Å². The minimum Gasteiger partial charge on any atom is -0.369 e. The highest BCUT2D eigenvalue weighted by Crippen LogP contribution is 2.27. The van der Waals surface area contributed by atoms with Gasteiger partial charge in [-0.15, -0.1) is 0 Å². The smallest absolute Gasteiger partial charge is 0.289 e. The van der Waals surface area contributed by atoms with Gasteiger partial charge in [-0.25, -0.2) is 4.98 Å². The van der Waals surface area contributed by atoms with Gasteiger partial charge in [-0.2, -0.15) is 0 Å². The van der Waals surface area contributed by atoms with Crippen molar-refractivity contribution in [3.63, 3.8) is 0 Å². The average Bonchev–Trinajstić information content (AvgIpc) is 2.41. The van der Waals surface area contributed by atoms with Crippen LogP contribution < -0.4 is 5.32 Å². The first kappa shape index (κ1) is 14.1. The van der Waals surface area contributed by atoms with Crippen LogP contribution in [0.5, 0.6) is 0 Å². The summed E-state index contributed by atoms with van der Waals surface area (Å²) in [6.07, 6.45) is 8.98. The summed E-state index contributed by atoms with van der Waals surface area (Å²) in [7, 11) is 0. The normalized spacial score (nSPS) is 16.3. The van der Waals surface area contributed by atoms with Gasteiger partial charge in [-0.1, -0.05) is 43.7 Å². The number of rotatable bonds is 5. The maximum Gasteiger partial charge on any atom is 0.289 e. The lowest BCUT2D eigenvalue weighted by molar-refractivity contribution is -0.385. The Kier molecular flexibility index (Phi) is 4.96. The second-order valence-corrected chi connectivity index (χ2v) is 5.41. The van der Waals surface area contributed by atoms with Crippen molar-refractivity contribution in [2.75, 3.05) is 11.9 Å². The molecule has 1 aromatic heterocycles. The Morgan fingerprint density at radius 1 is 1.42 bits per heavy atom. The number of pyridine rings is 1. The number of hydrogen-bond donors (Lipinski definition) is 1. The standard InChI is InChI=1S/C13H18ClN3O2/c14-12-8-11(17(18)19)9-16-13(12)15-7-6-10-4-2-1-3-5-10/h8-10H,1-7H2,(H,15,16). The van der Waals surface area contributed by atoms with Crippen LogP contribution in [0.3, 0.4) is 0 Å². The molecule has 5 nitrogen and oxygen atoms in total. The number of aromatic nitrogens is 1. The lowest BCUT2D eigenvalue weighted by atomic mass is 9.87. The van der Waals surface area contributed by atoms with Crippen LogP contribution in [0, 0.1) is 16.0 Å². The fourth-order valence-corrected chi connectivity index (χ4v) is 2.76. The van der Waals surface area contributed by atoms with Crippen LogP contribution in [0.1, 0.15) is 38.5 Å². The van der Waals surface area contributed by atoms with E-state index in [2.05, 4.69) is 10.3 Å². The zero-order valence-corrected chi connectivity index (χ0v) is 11.5. The largest absolute Gasteiger partial charge is 0.369 e. The Hall–Kier alpha value is -1.36. The van der Waals surface area contributed by atoms with E-state index in [9.17, 15) is 10.1 Å². The van der Waals surface area contributed by atoms with Gasteiger partial charge in [0.15, 0.2) is 0 Å². The van der Waals surface area contributed by atoms with Gasteiger partial charge in [-0.05, 0) is 12.3 Å². The minimum absolute atomic E-state index is 0.0807. The second kappa shape index (κ2) is 6.70. The van der Waals surface area contributed by atoms with Gasteiger partial charge in [-0.3, -0.25) is 10.1 Å². The van der Waals surface area contributed by atoms with E-state index in [1.165, 1.54) is 44.4 Å². The van der Waals surface area contributed by atoms with E-state index < -0.39 is 4.92 Å². The van der Waals surface area contributed by atoms with Crippen LogP contribution in [0.2, 0.25) is 5.02 Å². The molecule has 0 radical (unpaired) electrons. The second-order valence-electron chi connectivity index (χ2n) is 5.00. The third-order valence-electron chi connectivity index (χ3n) is 3.61. The van der Waals surface area contributed by atoms with Gasteiger partial charge < -0.3 is 5.32 Å². The van der Waals surface area contributed by atoms with Gasteiger partial charge in [0.25, 0.3) is 5.69 Å². The molecule has 1 aliphatic rings. The fraction of sp³-hybridized carbons (Fsp3) is 0.615. The zero-order valence-electron chi connectivity index (χ0n) is 10.8. The van der Waals surface area contributed by atoms with Crippen LogP contribution in [0.15, 0.2) is 12.3 Å². The summed E-state index contributed by atoms with van der Waals surface area (Å²) in [6.45, 7) is 0.815. The molecule has 2 rings (SSSR count). The van der Waals surface area contributed by atoms with Gasteiger partial charge in [0.1, 0.15) is 12.0 Å². The topological polar surface area (TPSA) is 68.1 Å². The molecular formula is C13H18ClN3O2. The number of halogens is 1. The Morgan fingerprint density at radius 2 is 2.16 bits per heavy atom. The molecule has 0 aliphatic heterocycles. The highest BCUT2D eigenvalue weighted by atomic mass is 35.5. The van der Waals surface area contributed by atoms with E-state index in [1.54, 1.807) is 0 Å². The molecule has 0 unspecified atom stereocenters. The molecule has 0 aromatic carbocycles. The van der Waals surface area contributed by atoms with Crippen molar-refractivity contribution >= 4 is 23.1 Å². The molecule has 0 bridgehead atoms. The molecule has 1 aromatic rings. The quantitative estimate of drug-likeness (QED) is 0.654. The lowest BCUT2D eigenvalue weighted by Gasteiger charge is -2.21. The van der Waals surface area contributed by atoms with Crippen LogP contribution in [-0.4, -0.2) is 16.5 Å². The van der Waals surface area contributed by atoms with E-state index >= 15 is 0 Å². The van der Waals surface area contributed by atoms with Crippen molar-refractivity contribution in [1.29, 1.82) is 0 Å². The summed E-state index contributed by atoms with van der Waals surface area (Å²) in [5.41, 5.74) is -0.0807. The lowest BCUT2D eigenvalue weighted by Crippen LogP contribution is -2.12. The predicted molar refractivity (Wildman–Crippen MR) is 75.6 cm³/mol. The molecule has 1 aliphatic carbocycles. The molecule has 0 saturated heterocycles.